The van der Waals surface area contributed by atoms with Crippen molar-refractivity contribution in [3.63, 3.8) is 0 Å². The maximum atomic E-state index is 7.51. The Hall–Kier alpha value is -0.630. The van der Waals surface area contributed by atoms with Crippen LogP contribution in [0.15, 0.2) is 11.6 Å². The lowest BCUT2D eigenvalue weighted by atomic mass is 10.1. The fourth-order valence-corrected chi connectivity index (χ4v) is 0.594. The molecule has 0 aliphatic heterocycles. The SMILES string of the molecule is C/C=C(/C)C(=N)C(C)OC. The summed E-state index contributed by atoms with van der Waals surface area (Å²) in [4.78, 5) is 0. The third kappa shape index (κ3) is 2.31. The van der Waals surface area contributed by atoms with Gasteiger partial charge in [0.25, 0.3) is 0 Å². The Bertz CT molecular complexity index is 149. The van der Waals surface area contributed by atoms with E-state index in [0.29, 0.717) is 5.71 Å². The third-order valence-electron chi connectivity index (χ3n) is 1.62. The van der Waals surface area contributed by atoms with E-state index in [-0.39, 0.29) is 6.10 Å². The second kappa shape index (κ2) is 4.23. The van der Waals surface area contributed by atoms with Gasteiger partial charge in [0.05, 0.1) is 11.8 Å². The van der Waals surface area contributed by atoms with Crippen molar-refractivity contribution in [3.05, 3.63) is 11.6 Å². The summed E-state index contributed by atoms with van der Waals surface area (Å²) in [5.41, 5.74) is 1.54. The van der Waals surface area contributed by atoms with Crippen molar-refractivity contribution in [2.24, 2.45) is 0 Å². The van der Waals surface area contributed by atoms with E-state index in [4.69, 9.17) is 10.1 Å². The van der Waals surface area contributed by atoms with E-state index in [2.05, 4.69) is 0 Å². The van der Waals surface area contributed by atoms with E-state index in [1.165, 1.54) is 0 Å². The van der Waals surface area contributed by atoms with Gasteiger partial charge in [-0.2, -0.15) is 0 Å². The minimum atomic E-state index is -0.0869. The van der Waals surface area contributed by atoms with Gasteiger partial charge in [0.1, 0.15) is 0 Å². The highest BCUT2D eigenvalue weighted by Gasteiger charge is 2.07. The lowest BCUT2D eigenvalue weighted by Gasteiger charge is -2.10. The first-order valence-corrected chi connectivity index (χ1v) is 3.38. The monoisotopic (exact) mass is 141 g/mol. The number of methoxy groups -OCH3 is 1. The van der Waals surface area contributed by atoms with Gasteiger partial charge in [0, 0.05) is 7.11 Å². The standard InChI is InChI=1S/C8H15NO/c1-5-6(2)8(9)7(3)10-4/h5,7,9H,1-4H3/b6-5-,9-8?. The maximum absolute atomic E-state index is 7.51. The second-order valence-corrected chi connectivity index (χ2v) is 2.26. The van der Waals surface area contributed by atoms with Crippen molar-refractivity contribution < 1.29 is 4.74 Å². The van der Waals surface area contributed by atoms with Crippen molar-refractivity contribution in [2.75, 3.05) is 7.11 Å². The van der Waals surface area contributed by atoms with Crippen LogP contribution in [-0.2, 0) is 4.74 Å². The molecule has 0 saturated heterocycles. The third-order valence-corrected chi connectivity index (χ3v) is 1.62. The first kappa shape index (κ1) is 9.37. The van der Waals surface area contributed by atoms with Crippen LogP contribution in [0.25, 0.3) is 0 Å². The van der Waals surface area contributed by atoms with Crippen LogP contribution in [0.2, 0.25) is 0 Å². The molecule has 1 unspecified atom stereocenters. The number of hydrogen-bond acceptors (Lipinski definition) is 2. The topological polar surface area (TPSA) is 33.1 Å². The maximum Gasteiger partial charge on any atom is 0.0958 e. The van der Waals surface area contributed by atoms with Crippen molar-refractivity contribution in [2.45, 2.75) is 26.9 Å². The van der Waals surface area contributed by atoms with Crippen LogP contribution in [0, 0.1) is 5.41 Å². The molecule has 2 nitrogen and oxygen atoms in total. The summed E-state index contributed by atoms with van der Waals surface area (Å²) in [7, 11) is 1.61. The van der Waals surface area contributed by atoms with Crippen LogP contribution in [0.3, 0.4) is 0 Å². The van der Waals surface area contributed by atoms with Crippen LogP contribution in [0.5, 0.6) is 0 Å². The predicted molar refractivity (Wildman–Crippen MR) is 43.6 cm³/mol. The summed E-state index contributed by atoms with van der Waals surface area (Å²) < 4.78 is 4.97. The molecule has 1 N–H and O–H groups in total. The molecule has 10 heavy (non-hydrogen) atoms. The number of rotatable bonds is 3. The Morgan fingerprint density at radius 1 is 1.60 bits per heavy atom. The molecule has 0 aromatic heterocycles. The van der Waals surface area contributed by atoms with Gasteiger partial charge in [-0.15, -0.1) is 0 Å². The van der Waals surface area contributed by atoms with Crippen LogP contribution in [-0.4, -0.2) is 18.9 Å². The normalized spacial score (nSPS) is 15.0. The largest absolute Gasteiger partial charge is 0.375 e. The van der Waals surface area contributed by atoms with E-state index in [9.17, 15) is 0 Å². The minimum Gasteiger partial charge on any atom is -0.375 e. The zero-order chi connectivity index (χ0) is 8.15. The first-order chi connectivity index (χ1) is 4.63. The lowest BCUT2D eigenvalue weighted by molar-refractivity contribution is 0.170. The number of nitrogens with one attached hydrogen (secondary N) is 1. The fraction of sp³-hybridized carbons (Fsp3) is 0.625. The highest BCUT2D eigenvalue weighted by molar-refractivity contribution is 6.00. The summed E-state index contributed by atoms with van der Waals surface area (Å²) in [6, 6.07) is 0. The molecule has 0 spiro atoms. The Morgan fingerprint density at radius 2 is 2.10 bits per heavy atom. The Morgan fingerprint density at radius 3 is 2.40 bits per heavy atom. The molecular formula is C8H15NO. The van der Waals surface area contributed by atoms with Gasteiger partial charge < -0.3 is 10.1 Å². The zero-order valence-electron chi connectivity index (χ0n) is 7.06. The number of hydrogen-bond donors (Lipinski definition) is 1. The highest BCUT2D eigenvalue weighted by Crippen LogP contribution is 2.01. The van der Waals surface area contributed by atoms with Crippen LogP contribution >= 0.6 is 0 Å². The van der Waals surface area contributed by atoms with Crippen LogP contribution < -0.4 is 0 Å². The summed E-state index contributed by atoms with van der Waals surface area (Å²) in [6.45, 7) is 5.71. The molecule has 0 amide bonds. The van der Waals surface area contributed by atoms with Crippen LogP contribution in [0.4, 0.5) is 0 Å². The molecule has 0 heterocycles. The molecule has 1 atom stereocenters. The number of allylic oxidation sites excluding steroid dienone is 1. The highest BCUT2D eigenvalue weighted by atomic mass is 16.5. The molecule has 0 aromatic rings. The molecule has 58 valence electrons. The van der Waals surface area contributed by atoms with Gasteiger partial charge in [-0.3, -0.25) is 0 Å². The minimum absolute atomic E-state index is 0.0869. The first-order valence-electron chi connectivity index (χ1n) is 3.38. The van der Waals surface area contributed by atoms with Crippen molar-refractivity contribution >= 4 is 5.71 Å². The molecule has 0 radical (unpaired) electrons. The molecule has 0 aliphatic rings. The van der Waals surface area contributed by atoms with Gasteiger partial charge in [-0.05, 0) is 26.3 Å². The summed E-state index contributed by atoms with van der Waals surface area (Å²) in [5, 5.41) is 7.51. The van der Waals surface area contributed by atoms with Gasteiger partial charge in [-0.1, -0.05) is 6.08 Å². The van der Waals surface area contributed by atoms with Crippen molar-refractivity contribution in [1.29, 1.82) is 5.41 Å². The molecule has 0 aliphatic carbocycles. The Balaban J connectivity index is 4.08. The van der Waals surface area contributed by atoms with Crippen molar-refractivity contribution in [1.82, 2.24) is 0 Å². The Labute approximate surface area is 62.4 Å². The van der Waals surface area contributed by atoms with E-state index in [1.807, 2.05) is 26.8 Å². The summed E-state index contributed by atoms with van der Waals surface area (Å²) in [5.74, 6) is 0. The van der Waals surface area contributed by atoms with E-state index >= 15 is 0 Å². The van der Waals surface area contributed by atoms with Gasteiger partial charge in [0.15, 0.2) is 0 Å². The molecule has 0 aromatic carbocycles. The average Bonchev–Trinajstić information content (AvgIpc) is 2.00. The second-order valence-electron chi connectivity index (χ2n) is 2.26. The van der Waals surface area contributed by atoms with Crippen LogP contribution in [0.1, 0.15) is 20.8 Å². The smallest absolute Gasteiger partial charge is 0.0958 e. The Kier molecular flexibility index (Phi) is 3.96. The average molecular weight is 141 g/mol. The molecule has 2 heteroatoms. The van der Waals surface area contributed by atoms with Crippen molar-refractivity contribution in [3.8, 4) is 0 Å². The molecular weight excluding hydrogens is 126 g/mol. The molecule has 0 rings (SSSR count). The van der Waals surface area contributed by atoms with E-state index in [0.717, 1.165) is 5.57 Å². The van der Waals surface area contributed by atoms with Gasteiger partial charge in [0.2, 0.25) is 0 Å². The zero-order valence-corrected chi connectivity index (χ0v) is 7.06. The summed E-state index contributed by atoms with van der Waals surface area (Å²) >= 11 is 0. The van der Waals surface area contributed by atoms with E-state index < -0.39 is 0 Å². The fourth-order valence-electron chi connectivity index (χ4n) is 0.594. The quantitative estimate of drug-likeness (QED) is 0.599. The van der Waals surface area contributed by atoms with Gasteiger partial charge >= 0.3 is 0 Å². The molecule has 0 fully saturated rings. The number of ether oxygens (including phenoxy) is 1. The summed E-state index contributed by atoms with van der Waals surface area (Å²) in [6.07, 6.45) is 1.83. The molecule has 0 bridgehead atoms. The van der Waals surface area contributed by atoms with Gasteiger partial charge in [-0.25, -0.2) is 0 Å². The lowest BCUT2D eigenvalue weighted by Crippen LogP contribution is -2.18. The van der Waals surface area contributed by atoms with E-state index in [1.54, 1.807) is 7.11 Å². The molecule has 0 saturated carbocycles. The predicted octanol–water partition coefficient (Wildman–Crippen LogP) is 2.01.